The maximum Gasteiger partial charge on any atom is 0.171 e. The van der Waals surface area contributed by atoms with Gasteiger partial charge in [-0.2, -0.15) is 0 Å². The van der Waals surface area contributed by atoms with Crippen LogP contribution in [0.4, 0.5) is 5.82 Å². The summed E-state index contributed by atoms with van der Waals surface area (Å²) in [5.41, 5.74) is 4.10. The minimum Gasteiger partial charge on any atom is -0.474 e. The number of hydrogen-bond acceptors (Lipinski definition) is 6. The zero-order valence-corrected chi connectivity index (χ0v) is 14.8. The van der Waals surface area contributed by atoms with Gasteiger partial charge in [-0.15, -0.1) is 0 Å². The Bertz CT molecular complexity index is 872. The minimum absolute atomic E-state index is 0.0390. The number of aromatic nitrogens is 3. The number of ether oxygens (including phenoxy) is 1. The molecule has 1 aliphatic heterocycles. The van der Waals surface area contributed by atoms with Crippen molar-refractivity contribution in [3.8, 4) is 11.3 Å². The molecule has 1 aliphatic carbocycles. The number of hydrogen-bond donors (Lipinski definition) is 1. The van der Waals surface area contributed by atoms with E-state index >= 15 is 0 Å². The lowest BCUT2D eigenvalue weighted by molar-refractivity contribution is 0.255. The Labute approximate surface area is 152 Å². The summed E-state index contributed by atoms with van der Waals surface area (Å²) in [5, 5.41) is 3.41. The number of fused-ring (bicyclic) bond motifs is 1. The van der Waals surface area contributed by atoms with E-state index in [1.165, 1.54) is 5.57 Å². The molecule has 0 spiro atoms. The summed E-state index contributed by atoms with van der Waals surface area (Å²) in [6.45, 7) is 4.92. The number of aryl methyl sites for hydroxylation is 1. The molecular weight excluding hydrogens is 326 g/mol. The molecule has 6 heteroatoms. The third-order valence-corrected chi connectivity index (χ3v) is 4.71. The van der Waals surface area contributed by atoms with Crippen molar-refractivity contribution in [2.75, 3.05) is 11.9 Å². The first kappa shape index (κ1) is 16.4. The van der Waals surface area contributed by atoms with Gasteiger partial charge in [-0.05, 0) is 36.6 Å². The number of aliphatic imine (C=N–C) groups is 1. The molecule has 3 unspecified atom stereocenters. The monoisotopic (exact) mass is 347 g/mol. The summed E-state index contributed by atoms with van der Waals surface area (Å²) >= 11 is 0. The lowest BCUT2D eigenvalue weighted by Gasteiger charge is -2.25. The Morgan fingerprint density at radius 1 is 1.23 bits per heavy atom. The average Bonchev–Trinajstić information content (AvgIpc) is 3.16. The second-order valence-corrected chi connectivity index (χ2v) is 6.61. The second kappa shape index (κ2) is 7.07. The highest BCUT2D eigenvalue weighted by atomic mass is 16.5. The largest absolute Gasteiger partial charge is 0.474 e. The topological polar surface area (TPSA) is 72.3 Å². The number of pyridine rings is 1. The van der Waals surface area contributed by atoms with Crippen molar-refractivity contribution < 1.29 is 4.74 Å². The van der Waals surface area contributed by atoms with Gasteiger partial charge in [-0.25, -0.2) is 15.0 Å². The van der Waals surface area contributed by atoms with Gasteiger partial charge in [0.1, 0.15) is 24.3 Å². The van der Waals surface area contributed by atoms with Crippen LogP contribution >= 0.6 is 0 Å². The van der Waals surface area contributed by atoms with Gasteiger partial charge in [0, 0.05) is 30.1 Å². The molecule has 0 saturated heterocycles. The van der Waals surface area contributed by atoms with Gasteiger partial charge in [0.05, 0.1) is 5.69 Å². The molecule has 6 nitrogen and oxygen atoms in total. The predicted molar refractivity (Wildman–Crippen MR) is 102 cm³/mol. The third kappa shape index (κ3) is 3.35. The summed E-state index contributed by atoms with van der Waals surface area (Å²) in [6, 6.07) is 6.05. The van der Waals surface area contributed by atoms with E-state index in [4.69, 9.17) is 4.74 Å². The van der Waals surface area contributed by atoms with E-state index in [-0.39, 0.29) is 12.1 Å². The smallest absolute Gasteiger partial charge is 0.171 e. The molecule has 0 amide bonds. The molecule has 2 aromatic rings. The molecule has 0 saturated carbocycles. The molecule has 4 rings (SSSR count). The third-order valence-electron chi connectivity index (χ3n) is 4.71. The number of nitrogens with zero attached hydrogens (tertiary/aromatic N) is 4. The molecule has 26 heavy (non-hydrogen) atoms. The molecule has 0 fully saturated rings. The van der Waals surface area contributed by atoms with Crippen molar-refractivity contribution in [3.63, 3.8) is 0 Å². The quantitative estimate of drug-likeness (QED) is 0.899. The minimum atomic E-state index is 0.0390. The SMILES string of the molecule is Cc1ccc(-c2cc(NCC(C)C3=CC=CC4OC=NC34)ncn2)cn1. The first-order valence-corrected chi connectivity index (χ1v) is 8.75. The zero-order valence-electron chi connectivity index (χ0n) is 14.8. The molecule has 0 radical (unpaired) electrons. The van der Waals surface area contributed by atoms with Crippen LogP contribution in [0.2, 0.25) is 0 Å². The molecule has 132 valence electrons. The number of nitrogens with one attached hydrogen (secondary N) is 1. The second-order valence-electron chi connectivity index (χ2n) is 6.61. The van der Waals surface area contributed by atoms with Crippen LogP contribution in [0, 0.1) is 12.8 Å². The lowest BCUT2D eigenvalue weighted by Crippen LogP contribution is -2.29. The van der Waals surface area contributed by atoms with Crippen LogP contribution in [-0.2, 0) is 4.74 Å². The summed E-state index contributed by atoms with van der Waals surface area (Å²) in [5.74, 6) is 1.11. The van der Waals surface area contributed by atoms with Gasteiger partial charge in [0.25, 0.3) is 0 Å². The molecular formula is C20H21N5O. The molecule has 1 N–H and O–H groups in total. The Kier molecular flexibility index (Phi) is 4.48. The molecule has 0 bridgehead atoms. The number of rotatable bonds is 5. The van der Waals surface area contributed by atoms with Crippen LogP contribution in [0.25, 0.3) is 11.3 Å². The van der Waals surface area contributed by atoms with Gasteiger partial charge in [-0.1, -0.05) is 19.1 Å². The molecule has 3 heterocycles. The highest BCUT2D eigenvalue weighted by Gasteiger charge is 2.31. The maximum atomic E-state index is 5.51. The van der Waals surface area contributed by atoms with Crippen LogP contribution in [0.3, 0.4) is 0 Å². The van der Waals surface area contributed by atoms with E-state index in [2.05, 4.69) is 44.3 Å². The summed E-state index contributed by atoms with van der Waals surface area (Å²) < 4.78 is 5.51. The average molecular weight is 347 g/mol. The van der Waals surface area contributed by atoms with Crippen LogP contribution in [0.1, 0.15) is 12.6 Å². The highest BCUT2D eigenvalue weighted by Crippen LogP contribution is 2.28. The van der Waals surface area contributed by atoms with Gasteiger partial charge in [-0.3, -0.25) is 4.98 Å². The maximum absolute atomic E-state index is 5.51. The Morgan fingerprint density at radius 3 is 3.00 bits per heavy atom. The molecule has 0 aromatic carbocycles. The molecule has 3 atom stereocenters. The van der Waals surface area contributed by atoms with Crippen LogP contribution in [0.5, 0.6) is 0 Å². The Balaban J connectivity index is 1.44. The highest BCUT2D eigenvalue weighted by molar-refractivity contribution is 5.61. The van der Waals surface area contributed by atoms with Gasteiger partial charge in [0.15, 0.2) is 6.40 Å². The number of allylic oxidation sites excluding steroid dienone is 2. The van der Waals surface area contributed by atoms with E-state index in [9.17, 15) is 0 Å². The first-order valence-electron chi connectivity index (χ1n) is 8.75. The van der Waals surface area contributed by atoms with Crippen molar-refractivity contribution in [2.45, 2.75) is 26.0 Å². The Hall–Kier alpha value is -3.02. The van der Waals surface area contributed by atoms with Crippen LogP contribution in [0.15, 0.2) is 59.5 Å². The van der Waals surface area contributed by atoms with E-state index in [0.29, 0.717) is 5.92 Å². The van der Waals surface area contributed by atoms with E-state index in [0.717, 1.165) is 29.3 Å². The van der Waals surface area contributed by atoms with Crippen molar-refractivity contribution in [2.24, 2.45) is 10.9 Å². The zero-order chi connectivity index (χ0) is 17.9. The van der Waals surface area contributed by atoms with Crippen LogP contribution in [-0.4, -0.2) is 40.0 Å². The Morgan fingerprint density at radius 2 is 2.15 bits per heavy atom. The fourth-order valence-corrected chi connectivity index (χ4v) is 3.19. The van der Waals surface area contributed by atoms with E-state index in [1.807, 2.05) is 37.4 Å². The normalized spacial score (nSPS) is 21.7. The lowest BCUT2D eigenvalue weighted by atomic mass is 9.88. The number of anilines is 1. The van der Waals surface area contributed by atoms with Gasteiger partial charge >= 0.3 is 0 Å². The fraction of sp³-hybridized carbons (Fsp3) is 0.300. The fourth-order valence-electron chi connectivity index (χ4n) is 3.19. The standard InChI is InChI=1S/C20H21N5O/c1-13(16-4-3-5-18-20(16)25-12-26-18)9-22-19-8-17(23-11-24-19)15-7-6-14(2)21-10-15/h3-8,10-13,18,20H,9H2,1-2H3,(H,22,23,24). The van der Waals surface area contributed by atoms with E-state index < -0.39 is 0 Å². The van der Waals surface area contributed by atoms with Crippen molar-refractivity contribution in [1.29, 1.82) is 0 Å². The van der Waals surface area contributed by atoms with Gasteiger partial charge < -0.3 is 10.1 Å². The predicted octanol–water partition coefficient (Wildman–Crippen LogP) is 3.19. The summed E-state index contributed by atoms with van der Waals surface area (Å²) in [4.78, 5) is 17.5. The summed E-state index contributed by atoms with van der Waals surface area (Å²) in [7, 11) is 0. The van der Waals surface area contributed by atoms with Crippen molar-refractivity contribution in [1.82, 2.24) is 15.0 Å². The van der Waals surface area contributed by atoms with E-state index in [1.54, 1.807) is 12.7 Å². The molecule has 2 aromatic heterocycles. The first-order chi connectivity index (χ1) is 12.7. The molecule has 2 aliphatic rings. The van der Waals surface area contributed by atoms with Crippen LogP contribution < -0.4 is 5.32 Å². The van der Waals surface area contributed by atoms with Crippen molar-refractivity contribution in [3.05, 3.63) is 60.2 Å². The van der Waals surface area contributed by atoms with Crippen molar-refractivity contribution >= 4 is 12.2 Å². The van der Waals surface area contributed by atoms with Gasteiger partial charge in [0.2, 0.25) is 0 Å². The summed E-state index contributed by atoms with van der Waals surface area (Å²) in [6.07, 6.45) is 11.3.